The number of rotatable bonds is 2. The molecule has 0 saturated carbocycles. The Morgan fingerprint density at radius 1 is 1.17 bits per heavy atom. The molecule has 2 aromatic rings. The van der Waals surface area contributed by atoms with Crippen molar-refractivity contribution in [1.82, 2.24) is 0 Å². The first-order valence-corrected chi connectivity index (χ1v) is 9.20. The summed E-state index contributed by atoms with van der Waals surface area (Å²) in [5, 5.41) is 9.19. The van der Waals surface area contributed by atoms with Gasteiger partial charge in [0, 0.05) is 6.54 Å². The molecule has 6 heteroatoms. The predicted molar refractivity (Wildman–Crippen MR) is 89.8 cm³/mol. The Hall–Kier alpha value is -2.39. The van der Waals surface area contributed by atoms with Crippen LogP contribution in [-0.4, -0.2) is 15.0 Å². The number of sulfonamides is 1. The summed E-state index contributed by atoms with van der Waals surface area (Å²) < 4.78 is 41.6. The molecule has 3 rings (SSSR count). The SMILES string of the molecule is Cc1cccc2c1N(S(=O)(=O)c1cccc(F)c1C#N)CCCC2. The summed E-state index contributed by atoms with van der Waals surface area (Å²) in [4.78, 5) is -0.277. The smallest absolute Gasteiger partial charge is 0.265 e. The van der Waals surface area contributed by atoms with Crippen LogP contribution in [0.3, 0.4) is 0 Å². The first-order valence-electron chi connectivity index (χ1n) is 7.76. The molecule has 0 aromatic heterocycles. The topological polar surface area (TPSA) is 61.2 Å². The zero-order valence-corrected chi connectivity index (χ0v) is 14.1. The number of hydrogen-bond acceptors (Lipinski definition) is 3. The Balaban J connectivity index is 2.23. The maximum Gasteiger partial charge on any atom is 0.265 e. The van der Waals surface area contributed by atoms with Crippen LogP contribution in [0, 0.1) is 24.1 Å². The summed E-state index contributed by atoms with van der Waals surface area (Å²) in [6.45, 7) is 2.19. The first-order chi connectivity index (χ1) is 11.5. The van der Waals surface area contributed by atoms with Crippen LogP contribution in [0.5, 0.6) is 0 Å². The van der Waals surface area contributed by atoms with Crippen LogP contribution in [0.15, 0.2) is 41.3 Å². The van der Waals surface area contributed by atoms with E-state index < -0.39 is 21.4 Å². The zero-order valence-electron chi connectivity index (χ0n) is 13.3. The molecule has 0 radical (unpaired) electrons. The molecule has 0 amide bonds. The highest BCUT2D eigenvalue weighted by Gasteiger charge is 2.31. The van der Waals surface area contributed by atoms with Crippen LogP contribution in [0.25, 0.3) is 0 Å². The third-order valence-electron chi connectivity index (χ3n) is 4.28. The lowest BCUT2D eigenvalue weighted by Gasteiger charge is -2.26. The molecule has 0 bridgehead atoms. The summed E-state index contributed by atoms with van der Waals surface area (Å²) in [6.07, 6.45) is 2.40. The monoisotopic (exact) mass is 344 g/mol. The van der Waals surface area contributed by atoms with E-state index in [1.54, 1.807) is 6.07 Å². The molecular weight excluding hydrogens is 327 g/mol. The lowest BCUT2D eigenvalue weighted by atomic mass is 10.0. The van der Waals surface area contributed by atoms with Gasteiger partial charge in [-0.2, -0.15) is 5.26 Å². The van der Waals surface area contributed by atoms with E-state index in [2.05, 4.69) is 0 Å². The second-order valence-corrected chi connectivity index (χ2v) is 7.67. The molecule has 0 unspecified atom stereocenters. The first kappa shape index (κ1) is 16.5. The van der Waals surface area contributed by atoms with Crippen molar-refractivity contribution in [1.29, 1.82) is 5.26 Å². The van der Waals surface area contributed by atoms with Gasteiger partial charge in [0.25, 0.3) is 10.0 Å². The third kappa shape index (κ3) is 2.65. The van der Waals surface area contributed by atoms with E-state index in [9.17, 15) is 18.1 Å². The summed E-state index contributed by atoms with van der Waals surface area (Å²) in [5.41, 5.74) is 2.04. The molecule has 0 saturated heterocycles. The van der Waals surface area contributed by atoms with Crippen molar-refractivity contribution in [3.8, 4) is 6.07 Å². The summed E-state index contributed by atoms with van der Waals surface area (Å²) >= 11 is 0. The quantitative estimate of drug-likeness (QED) is 0.837. The molecule has 0 atom stereocenters. The fourth-order valence-corrected chi connectivity index (χ4v) is 4.91. The number of fused-ring (bicyclic) bond motifs is 1. The van der Waals surface area contributed by atoms with Gasteiger partial charge in [-0.25, -0.2) is 12.8 Å². The van der Waals surface area contributed by atoms with Crippen molar-refractivity contribution < 1.29 is 12.8 Å². The lowest BCUT2D eigenvalue weighted by Crippen LogP contribution is -2.33. The number of anilines is 1. The lowest BCUT2D eigenvalue weighted by molar-refractivity contribution is 0.583. The highest BCUT2D eigenvalue weighted by Crippen LogP contribution is 2.35. The molecule has 124 valence electrons. The van der Waals surface area contributed by atoms with Gasteiger partial charge in [-0.3, -0.25) is 4.31 Å². The fraction of sp³-hybridized carbons (Fsp3) is 0.278. The standard InChI is InChI=1S/C18H17FN2O2S/c1-13-6-4-8-14-7-2-3-11-21(18(13)14)24(22,23)17-10-5-9-16(19)15(17)12-20/h4-6,8-10H,2-3,7,11H2,1H3. The number of nitriles is 1. The van der Waals surface area contributed by atoms with Gasteiger partial charge in [-0.1, -0.05) is 24.3 Å². The minimum Gasteiger partial charge on any atom is -0.266 e. The van der Waals surface area contributed by atoms with Gasteiger partial charge in [0.1, 0.15) is 22.3 Å². The maximum absolute atomic E-state index is 13.9. The average molecular weight is 344 g/mol. The Morgan fingerprint density at radius 3 is 2.67 bits per heavy atom. The Kier molecular flexibility index (Phi) is 4.29. The van der Waals surface area contributed by atoms with E-state index in [4.69, 9.17) is 0 Å². The second kappa shape index (κ2) is 6.25. The number of hydrogen-bond donors (Lipinski definition) is 0. The van der Waals surface area contributed by atoms with Crippen LogP contribution in [0.4, 0.5) is 10.1 Å². The van der Waals surface area contributed by atoms with E-state index in [0.717, 1.165) is 30.0 Å². The molecule has 0 spiro atoms. The zero-order chi connectivity index (χ0) is 17.3. The molecule has 1 aliphatic rings. The summed E-state index contributed by atoms with van der Waals surface area (Å²) in [5.74, 6) is -0.821. The van der Waals surface area contributed by atoms with E-state index in [0.29, 0.717) is 18.7 Å². The van der Waals surface area contributed by atoms with E-state index in [1.807, 2.05) is 25.1 Å². The number of halogens is 1. The van der Waals surface area contributed by atoms with Crippen LogP contribution in [-0.2, 0) is 16.4 Å². The molecule has 0 aliphatic carbocycles. The minimum absolute atomic E-state index is 0.277. The maximum atomic E-state index is 13.9. The predicted octanol–water partition coefficient (Wildman–Crippen LogP) is 3.54. The molecule has 2 aromatic carbocycles. The van der Waals surface area contributed by atoms with Crippen molar-refractivity contribution >= 4 is 15.7 Å². The van der Waals surface area contributed by atoms with Crippen LogP contribution < -0.4 is 4.31 Å². The molecular formula is C18H17FN2O2S. The second-order valence-electron chi connectivity index (χ2n) is 5.84. The normalized spacial score (nSPS) is 14.6. The van der Waals surface area contributed by atoms with Gasteiger partial charge >= 0.3 is 0 Å². The van der Waals surface area contributed by atoms with Crippen molar-refractivity contribution in [2.24, 2.45) is 0 Å². The number of para-hydroxylation sites is 1. The largest absolute Gasteiger partial charge is 0.266 e. The van der Waals surface area contributed by atoms with Gasteiger partial charge in [0.15, 0.2) is 0 Å². The fourth-order valence-electron chi connectivity index (χ4n) is 3.15. The molecule has 1 aliphatic heterocycles. The van der Waals surface area contributed by atoms with Gasteiger partial charge in [0.05, 0.1) is 5.69 Å². The van der Waals surface area contributed by atoms with E-state index in [1.165, 1.54) is 16.4 Å². The molecule has 0 fully saturated rings. The third-order valence-corrected chi connectivity index (χ3v) is 6.12. The summed E-state index contributed by atoms with van der Waals surface area (Å²) in [7, 11) is -4.02. The Bertz CT molecular complexity index is 933. The highest BCUT2D eigenvalue weighted by molar-refractivity contribution is 7.93. The van der Waals surface area contributed by atoms with E-state index >= 15 is 0 Å². The van der Waals surface area contributed by atoms with Gasteiger partial charge < -0.3 is 0 Å². The van der Waals surface area contributed by atoms with Gasteiger partial charge in [-0.15, -0.1) is 0 Å². The van der Waals surface area contributed by atoms with Crippen molar-refractivity contribution in [2.75, 3.05) is 10.8 Å². The average Bonchev–Trinajstić information content (AvgIpc) is 2.78. The van der Waals surface area contributed by atoms with Crippen LogP contribution >= 0.6 is 0 Å². The summed E-state index contributed by atoms with van der Waals surface area (Å²) in [6, 6.07) is 11.1. The number of aryl methyl sites for hydroxylation is 2. The van der Waals surface area contributed by atoms with Gasteiger partial charge in [0.2, 0.25) is 0 Å². The van der Waals surface area contributed by atoms with E-state index in [-0.39, 0.29) is 4.90 Å². The molecule has 24 heavy (non-hydrogen) atoms. The number of benzene rings is 2. The van der Waals surface area contributed by atoms with Crippen molar-refractivity contribution in [3.05, 3.63) is 58.9 Å². The van der Waals surface area contributed by atoms with Crippen LogP contribution in [0.1, 0.15) is 29.5 Å². The van der Waals surface area contributed by atoms with Gasteiger partial charge in [-0.05, 0) is 49.4 Å². The molecule has 4 nitrogen and oxygen atoms in total. The molecule has 0 N–H and O–H groups in total. The Labute approximate surface area is 141 Å². The molecule has 1 heterocycles. The highest BCUT2D eigenvalue weighted by atomic mass is 32.2. The van der Waals surface area contributed by atoms with Crippen molar-refractivity contribution in [3.63, 3.8) is 0 Å². The number of nitrogens with zero attached hydrogens (tertiary/aromatic N) is 2. The Morgan fingerprint density at radius 2 is 1.92 bits per heavy atom. The van der Waals surface area contributed by atoms with Crippen LogP contribution in [0.2, 0.25) is 0 Å². The minimum atomic E-state index is -4.02. The van der Waals surface area contributed by atoms with Crippen molar-refractivity contribution in [2.45, 2.75) is 31.1 Å².